The van der Waals surface area contributed by atoms with E-state index in [1.165, 1.54) is 18.5 Å². The fraction of sp³-hybridized carbons (Fsp3) is 0.250. The summed E-state index contributed by atoms with van der Waals surface area (Å²) < 4.78 is 27.9. The molecule has 1 aliphatic heterocycles. The molecule has 3 aromatic heterocycles. The van der Waals surface area contributed by atoms with Gasteiger partial charge in [-0.05, 0) is 50.6 Å². The van der Waals surface area contributed by atoms with Crippen LogP contribution in [0, 0.1) is 12.7 Å². The standard InChI is InChI=1S/C28H27FN8O2/c1-17-32-12-18(13-33-17)15-38-23-9-20(29)10-24(11-23)39-22-6-4-19(5-7-22)26-25-27(30)34-16-35-28(25)37(36-26)21-3-2-8-31-14-21/h4-7,9-13,16,21,31H,2-3,8,14-15H2,1H3,(H2,30,34,35). The van der Waals surface area contributed by atoms with E-state index >= 15 is 0 Å². The van der Waals surface area contributed by atoms with Crippen molar-refractivity contribution in [1.82, 2.24) is 35.0 Å². The fourth-order valence-corrected chi connectivity index (χ4v) is 4.65. The molecule has 0 aliphatic carbocycles. The number of aryl methyl sites for hydroxylation is 1. The molecule has 2 aromatic carbocycles. The minimum atomic E-state index is -0.469. The van der Waals surface area contributed by atoms with E-state index in [0.717, 1.165) is 48.1 Å². The molecule has 1 fully saturated rings. The number of nitrogens with one attached hydrogen (secondary N) is 1. The van der Waals surface area contributed by atoms with E-state index in [1.54, 1.807) is 37.5 Å². The number of benzene rings is 2. The predicted octanol–water partition coefficient (Wildman–Crippen LogP) is 4.61. The van der Waals surface area contributed by atoms with Crippen LogP contribution >= 0.6 is 0 Å². The molecule has 0 radical (unpaired) electrons. The lowest BCUT2D eigenvalue weighted by Crippen LogP contribution is -2.32. The van der Waals surface area contributed by atoms with Crippen molar-refractivity contribution in [3.05, 3.63) is 78.4 Å². The zero-order chi connectivity index (χ0) is 26.8. The van der Waals surface area contributed by atoms with Crippen LogP contribution in [0.1, 0.15) is 30.3 Å². The Bertz CT molecular complexity index is 1600. The van der Waals surface area contributed by atoms with E-state index in [2.05, 4.69) is 25.3 Å². The van der Waals surface area contributed by atoms with Crippen LogP contribution < -0.4 is 20.5 Å². The first-order chi connectivity index (χ1) is 19.0. The van der Waals surface area contributed by atoms with Gasteiger partial charge in [-0.2, -0.15) is 5.10 Å². The van der Waals surface area contributed by atoms with Crippen molar-refractivity contribution >= 4 is 16.9 Å². The number of halogens is 1. The highest BCUT2D eigenvalue weighted by molar-refractivity contribution is 5.98. The summed E-state index contributed by atoms with van der Waals surface area (Å²) in [7, 11) is 0. The number of hydrogen-bond acceptors (Lipinski definition) is 9. The summed E-state index contributed by atoms with van der Waals surface area (Å²) >= 11 is 0. The number of nitrogen functional groups attached to an aromatic ring is 1. The molecule has 39 heavy (non-hydrogen) atoms. The molecule has 1 aliphatic rings. The molecule has 0 bridgehead atoms. The van der Waals surface area contributed by atoms with Crippen LogP contribution in [-0.2, 0) is 6.61 Å². The molecule has 1 unspecified atom stereocenters. The molecule has 3 N–H and O–H groups in total. The van der Waals surface area contributed by atoms with Crippen LogP contribution in [0.5, 0.6) is 17.2 Å². The van der Waals surface area contributed by atoms with Crippen LogP contribution in [0.2, 0.25) is 0 Å². The number of nitrogens with zero attached hydrogens (tertiary/aromatic N) is 6. The van der Waals surface area contributed by atoms with E-state index in [1.807, 2.05) is 16.8 Å². The third-order valence-electron chi connectivity index (χ3n) is 6.58. The van der Waals surface area contributed by atoms with Crippen molar-refractivity contribution in [2.75, 3.05) is 18.8 Å². The minimum absolute atomic E-state index is 0.190. The average Bonchev–Trinajstić information content (AvgIpc) is 3.34. The number of anilines is 1. The lowest BCUT2D eigenvalue weighted by molar-refractivity contribution is 0.301. The lowest BCUT2D eigenvalue weighted by Gasteiger charge is -2.23. The zero-order valence-corrected chi connectivity index (χ0v) is 21.3. The molecule has 0 amide bonds. The van der Waals surface area contributed by atoms with Crippen molar-refractivity contribution in [2.45, 2.75) is 32.4 Å². The highest BCUT2D eigenvalue weighted by atomic mass is 19.1. The summed E-state index contributed by atoms with van der Waals surface area (Å²) in [6.45, 7) is 3.84. The summed E-state index contributed by atoms with van der Waals surface area (Å²) in [5, 5.41) is 9.06. The van der Waals surface area contributed by atoms with Gasteiger partial charge in [0, 0.05) is 48.3 Å². The maximum atomic E-state index is 14.3. The second-order valence-corrected chi connectivity index (χ2v) is 9.43. The monoisotopic (exact) mass is 526 g/mol. The highest BCUT2D eigenvalue weighted by Crippen LogP contribution is 2.34. The maximum absolute atomic E-state index is 14.3. The fourth-order valence-electron chi connectivity index (χ4n) is 4.65. The van der Waals surface area contributed by atoms with Gasteiger partial charge in [-0.15, -0.1) is 0 Å². The van der Waals surface area contributed by atoms with Crippen LogP contribution in [0.3, 0.4) is 0 Å². The molecule has 11 heteroatoms. The second kappa shape index (κ2) is 10.6. The van der Waals surface area contributed by atoms with Crippen molar-refractivity contribution in [1.29, 1.82) is 0 Å². The van der Waals surface area contributed by atoms with Gasteiger partial charge in [-0.1, -0.05) is 0 Å². The molecule has 4 heterocycles. The Kier molecular flexibility index (Phi) is 6.72. The lowest BCUT2D eigenvalue weighted by atomic mass is 10.1. The van der Waals surface area contributed by atoms with Gasteiger partial charge >= 0.3 is 0 Å². The number of rotatable bonds is 7. The van der Waals surface area contributed by atoms with Crippen LogP contribution in [0.4, 0.5) is 10.2 Å². The van der Waals surface area contributed by atoms with E-state index in [4.69, 9.17) is 20.3 Å². The second-order valence-electron chi connectivity index (χ2n) is 9.43. The van der Waals surface area contributed by atoms with Crippen LogP contribution in [0.25, 0.3) is 22.3 Å². The molecule has 5 aromatic rings. The van der Waals surface area contributed by atoms with E-state index in [9.17, 15) is 4.39 Å². The van der Waals surface area contributed by atoms with Crippen molar-refractivity contribution in [2.24, 2.45) is 0 Å². The van der Waals surface area contributed by atoms with Gasteiger partial charge in [0.15, 0.2) is 5.65 Å². The molecule has 0 saturated carbocycles. The number of nitrogens with two attached hydrogens (primary N) is 1. The number of fused-ring (bicyclic) bond motifs is 1. The molecule has 198 valence electrons. The van der Waals surface area contributed by atoms with E-state index in [-0.39, 0.29) is 12.6 Å². The summed E-state index contributed by atoms with van der Waals surface area (Å²) in [5.74, 6) is 1.78. The molecule has 0 spiro atoms. The molecule has 1 atom stereocenters. The smallest absolute Gasteiger partial charge is 0.164 e. The van der Waals surface area contributed by atoms with Gasteiger partial charge in [0.05, 0.1) is 11.4 Å². The third kappa shape index (κ3) is 5.34. The first-order valence-electron chi connectivity index (χ1n) is 12.7. The van der Waals surface area contributed by atoms with Crippen LogP contribution in [0.15, 0.2) is 61.2 Å². The van der Waals surface area contributed by atoms with Crippen molar-refractivity contribution < 1.29 is 13.9 Å². The quantitative estimate of drug-likeness (QED) is 0.313. The largest absolute Gasteiger partial charge is 0.489 e. The first kappa shape index (κ1) is 24.7. The number of ether oxygens (including phenoxy) is 2. The van der Waals surface area contributed by atoms with Crippen molar-refractivity contribution in [3.63, 3.8) is 0 Å². The summed E-state index contributed by atoms with van der Waals surface area (Å²) in [6.07, 6.45) is 6.91. The Hall–Kier alpha value is -4.64. The molecule has 1 saturated heterocycles. The SMILES string of the molecule is Cc1ncc(COc2cc(F)cc(Oc3ccc(-c4nn(C5CCCNC5)c5ncnc(N)c45)cc3)c2)cn1. The van der Waals surface area contributed by atoms with Gasteiger partial charge < -0.3 is 20.5 Å². The van der Waals surface area contributed by atoms with E-state index in [0.29, 0.717) is 34.6 Å². The van der Waals surface area contributed by atoms with Crippen LogP contribution in [-0.4, -0.2) is 42.8 Å². The molecular formula is C28H27FN8O2. The number of hydrogen-bond donors (Lipinski definition) is 2. The van der Waals surface area contributed by atoms with E-state index < -0.39 is 5.82 Å². The summed E-state index contributed by atoms with van der Waals surface area (Å²) in [6, 6.07) is 11.8. The predicted molar refractivity (Wildman–Crippen MR) is 144 cm³/mol. The summed E-state index contributed by atoms with van der Waals surface area (Å²) in [4.78, 5) is 17.0. The van der Waals surface area contributed by atoms with Gasteiger partial charge in [0.25, 0.3) is 0 Å². The first-order valence-corrected chi connectivity index (χ1v) is 12.7. The Morgan fingerprint density at radius 1 is 1.03 bits per heavy atom. The summed E-state index contributed by atoms with van der Waals surface area (Å²) in [5.41, 5.74) is 9.32. The van der Waals surface area contributed by atoms with Gasteiger partial charge in [0.2, 0.25) is 0 Å². The third-order valence-corrected chi connectivity index (χ3v) is 6.58. The molecule has 6 rings (SSSR count). The van der Waals surface area contributed by atoms with Gasteiger partial charge in [0.1, 0.15) is 53.3 Å². The number of aromatic nitrogens is 6. The van der Waals surface area contributed by atoms with Crippen molar-refractivity contribution in [3.8, 4) is 28.5 Å². The Morgan fingerprint density at radius 2 is 1.82 bits per heavy atom. The highest BCUT2D eigenvalue weighted by Gasteiger charge is 2.23. The Morgan fingerprint density at radius 3 is 2.59 bits per heavy atom. The topological polar surface area (TPSA) is 126 Å². The minimum Gasteiger partial charge on any atom is -0.489 e. The molecular weight excluding hydrogens is 499 g/mol. The number of piperidine rings is 1. The molecule has 10 nitrogen and oxygen atoms in total. The van der Waals surface area contributed by atoms with Gasteiger partial charge in [-0.25, -0.2) is 29.0 Å². The maximum Gasteiger partial charge on any atom is 0.164 e. The van der Waals surface area contributed by atoms with Gasteiger partial charge in [-0.3, -0.25) is 0 Å². The average molecular weight is 527 g/mol. The zero-order valence-electron chi connectivity index (χ0n) is 21.3. The Labute approximate surface area is 224 Å². The normalized spacial score (nSPS) is 15.4. The Balaban J connectivity index is 1.22.